The second-order valence-corrected chi connectivity index (χ2v) is 13.8. The summed E-state index contributed by atoms with van der Waals surface area (Å²) in [5.74, 6) is 1.81. The van der Waals surface area contributed by atoms with Gasteiger partial charge in [0, 0.05) is 52.8 Å². The van der Waals surface area contributed by atoms with Crippen molar-refractivity contribution >= 4 is 75.4 Å². The molecule has 0 aliphatic carbocycles. The highest BCUT2D eigenvalue weighted by Gasteiger charge is 2.20. The Morgan fingerprint density at radius 1 is 0.392 bits per heavy atom. The van der Waals surface area contributed by atoms with Crippen LogP contribution in [0, 0.1) is 0 Å². The molecule has 11 rings (SSSR count). The van der Waals surface area contributed by atoms with E-state index in [4.69, 9.17) is 23.8 Å². The Bertz CT molecular complexity index is 3160. The van der Waals surface area contributed by atoms with E-state index in [-0.39, 0.29) is 0 Å². The highest BCUT2D eigenvalue weighted by molar-refractivity contribution is 7.26. The van der Waals surface area contributed by atoms with Gasteiger partial charge in [0.05, 0.1) is 5.56 Å². The maximum atomic E-state index is 6.76. The first-order chi connectivity index (χ1) is 25.3. The van der Waals surface area contributed by atoms with Crippen LogP contribution >= 0.6 is 11.3 Å². The third kappa shape index (κ3) is 4.37. The van der Waals surface area contributed by atoms with Crippen molar-refractivity contribution in [2.45, 2.75) is 0 Å². The van der Waals surface area contributed by atoms with Gasteiger partial charge < -0.3 is 8.83 Å². The summed E-state index contributed by atoms with van der Waals surface area (Å²) < 4.78 is 15.4. The lowest BCUT2D eigenvalue weighted by Gasteiger charge is -2.09. The Hall–Kier alpha value is -6.63. The lowest BCUT2D eigenvalue weighted by Crippen LogP contribution is -2.00. The first kappa shape index (κ1) is 28.2. The van der Waals surface area contributed by atoms with E-state index in [1.54, 1.807) is 11.3 Å². The minimum atomic E-state index is 0.566. The zero-order valence-electron chi connectivity index (χ0n) is 27.0. The molecular weight excluding hydrogens is 647 g/mol. The van der Waals surface area contributed by atoms with Crippen LogP contribution in [0.5, 0.6) is 0 Å². The van der Waals surface area contributed by atoms with Crippen molar-refractivity contribution in [1.82, 2.24) is 15.0 Å². The Morgan fingerprint density at radius 3 is 1.96 bits per heavy atom. The number of fused-ring (bicyclic) bond motifs is 9. The van der Waals surface area contributed by atoms with Gasteiger partial charge in [-0.25, -0.2) is 15.0 Å². The molecule has 51 heavy (non-hydrogen) atoms. The fourth-order valence-corrected chi connectivity index (χ4v) is 8.63. The smallest absolute Gasteiger partial charge is 0.167 e. The van der Waals surface area contributed by atoms with E-state index < -0.39 is 0 Å². The van der Waals surface area contributed by atoms with E-state index in [0.29, 0.717) is 17.5 Å². The monoisotopic (exact) mass is 671 g/mol. The molecule has 0 spiro atoms. The quantitative estimate of drug-likeness (QED) is 0.186. The lowest BCUT2D eigenvalue weighted by molar-refractivity contribution is 0.668. The summed E-state index contributed by atoms with van der Waals surface area (Å²) in [4.78, 5) is 15.3. The summed E-state index contributed by atoms with van der Waals surface area (Å²) in [6.07, 6.45) is 0. The van der Waals surface area contributed by atoms with E-state index in [1.807, 2.05) is 60.7 Å². The number of furan rings is 2. The molecular formula is C45H25N3O2S. The standard InChI is InChI=1S/C45H25N3O2S/c1-2-11-26(12-3-1)43-46-44(48-45(47-43)35-19-9-17-32-30-13-5-7-22-39(30)51-42(32)35)34-18-8-16-31-29-24-23-27(25-38(29)50-41(31)34)28-15-10-21-37-40(28)33-14-4-6-20-36(33)49-37/h1-25H. The largest absolute Gasteiger partial charge is 0.456 e. The van der Waals surface area contributed by atoms with Gasteiger partial charge in [-0.15, -0.1) is 11.3 Å². The molecule has 0 saturated heterocycles. The maximum Gasteiger partial charge on any atom is 0.167 e. The Kier molecular flexibility index (Phi) is 6.05. The SMILES string of the molecule is c1ccc(-c2nc(-c3cccc4c3oc3cc(-c5cccc6oc7ccccc7c56)ccc34)nc(-c3cccc4c3sc3ccccc34)n2)cc1. The van der Waals surface area contributed by atoms with Crippen LogP contribution in [0.3, 0.4) is 0 Å². The van der Waals surface area contributed by atoms with Crippen molar-refractivity contribution < 1.29 is 8.83 Å². The highest BCUT2D eigenvalue weighted by atomic mass is 32.1. The maximum absolute atomic E-state index is 6.76. The Balaban J connectivity index is 1.12. The molecule has 6 heteroatoms. The second kappa shape index (κ2) is 10.9. The van der Waals surface area contributed by atoms with Crippen LogP contribution in [0.25, 0.3) is 109 Å². The van der Waals surface area contributed by atoms with E-state index in [0.717, 1.165) is 76.4 Å². The fourth-order valence-electron chi connectivity index (χ4n) is 7.41. The van der Waals surface area contributed by atoms with Crippen LogP contribution < -0.4 is 0 Å². The molecule has 4 heterocycles. The first-order valence-corrected chi connectivity index (χ1v) is 17.7. The van der Waals surface area contributed by atoms with Gasteiger partial charge in [0.25, 0.3) is 0 Å². The topological polar surface area (TPSA) is 65.0 Å². The number of hydrogen-bond acceptors (Lipinski definition) is 6. The lowest BCUT2D eigenvalue weighted by atomic mass is 9.98. The summed E-state index contributed by atoms with van der Waals surface area (Å²) >= 11 is 1.77. The van der Waals surface area contributed by atoms with Gasteiger partial charge in [-0.2, -0.15) is 0 Å². The number of para-hydroxylation sites is 2. The van der Waals surface area contributed by atoms with Crippen LogP contribution in [-0.4, -0.2) is 15.0 Å². The number of hydrogen-bond donors (Lipinski definition) is 0. The molecule has 0 bridgehead atoms. The number of thiophene rings is 1. The summed E-state index contributed by atoms with van der Waals surface area (Å²) in [6.45, 7) is 0. The molecule has 7 aromatic carbocycles. The van der Waals surface area contributed by atoms with Crippen molar-refractivity contribution in [2.75, 3.05) is 0 Å². The summed E-state index contributed by atoms with van der Waals surface area (Å²) in [6, 6.07) is 52.1. The van der Waals surface area contributed by atoms with Crippen LogP contribution in [0.4, 0.5) is 0 Å². The Labute approximate surface area is 295 Å². The highest BCUT2D eigenvalue weighted by Crippen LogP contribution is 2.42. The molecule has 0 aliphatic heterocycles. The van der Waals surface area contributed by atoms with Crippen molar-refractivity contribution in [2.24, 2.45) is 0 Å². The molecule has 0 radical (unpaired) electrons. The summed E-state index contributed by atoms with van der Waals surface area (Å²) in [7, 11) is 0. The predicted octanol–water partition coefficient (Wildman–Crippen LogP) is 12.7. The molecule has 4 aromatic heterocycles. The molecule has 0 amide bonds. The van der Waals surface area contributed by atoms with Gasteiger partial charge in [-0.3, -0.25) is 0 Å². The molecule has 0 N–H and O–H groups in total. The van der Waals surface area contributed by atoms with E-state index in [2.05, 4.69) is 91.0 Å². The van der Waals surface area contributed by atoms with E-state index in [9.17, 15) is 0 Å². The average Bonchev–Trinajstić information content (AvgIpc) is 3.89. The molecule has 238 valence electrons. The molecule has 0 aliphatic rings. The number of benzene rings is 7. The van der Waals surface area contributed by atoms with Crippen molar-refractivity contribution in [1.29, 1.82) is 0 Å². The van der Waals surface area contributed by atoms with E-state index >= 15 is 0 Å². The number of nitrogens with zero attached hydrogens (tertiary/aromatic N) is 3. The van der Waals surface area contributed by atoms with Gasteiger partial charge in [0.1, 0.15) is 22.3 Å². The zero-order chi connectivity index (χ0) is 33.5. The van der Waals surface area contributed by atoms with Crippen molar-refractivity contribution in [3.8, 4) is 45.3 Å². The minimum Gasteiger partial charge on any atom is -0.456 e. The second-order valence-electron chi connectivity index (χ2n) is 12.7. The number of aromatic nitrogens is 3. The van der Waals surface area contributed by atoms with Crippen LogP contribution in [0.2, 0.25) is 0 Å². The molecule has 0 fully saturated rings. The molecule has 0 unspecified atom stereocenters. The normalized spacial score (nSPS) is 11.9. The fraction of sp³-hybridized carbons (Fsp3) is 0. The summed E-state index contributed by atoms with van der Waals surface area (Å²) in [5.41, 5.74) is 8.18. The predicted molar refractivity (Wildman–Crippen MR) is 209 cm³/mol. The Morgan fingerprint density at radius 2 is 1.06 bits per heavy atom. The van der Waals surface area contributed by atoms with Gasteiger partial charge in [-0.05, 0) is 53.6 Å². The molecule has 0 atom stereocenters. The molecule has 11 aromatic rings. The van der Waals surface area contributed by atoms with Crippen molar-refractivity contribution in [3.63, 3.8) is 0 Å². The van der Waals surface area contributed by atoms with E-state index in [1.165, 1.54) is 15.5 Å². The van der Waals surface area contributed by atoms with Crippen LogP contribution in [0.1, 0.15) is 0 Å². The van der Waals surface area contributed by atoms with Gasteiger partial charge in [0.2, 0.25) is 0 Å². The third-order valence-electron chi connectivity index (χ3n) is 9.77. The molecule has 5 nitrogen and oxygen atoms in total. The van der Waals surface area contributed by atoms with Crippen molar-refractivity contribution in [3.05, 3.63) is 152 Å². The van der Waals surface area contributed by atoms with Gasteiger partial charge in [-0.1, -0.05) is 109 Å². The van der Waals surface area contributed by atoms with Crippen LogP contribution in [0.15, 0.2) is 160 Å². The van der Waals surface area contributed by atoms with Gasteiger partial charge >= 0.3 is 0 Å². The average molecular weight is 672 g/mol. The zero-order valence-corrected chi connectivity index (χ0v) is 27.8. The van der Waals surface area contributed by atoms with Gasteiger partial charge in [0.15, 0.2) is 17.5 Å². The third-order valence-corrected chi connectivity index (χ3v) is 11.0. The number of rotatable bonds is 4. The molecule has 0 saturated carbocycles. The van der Waals surface area contributed by atoms with Crippen LogP contribution in [-0.2, 0) is 0 Å². The summed E-state index contributed by atoms with van der Waals surface area (Å²) in [5, 5.41) is 6.68. The first-order valence-electron chi connectivity index (χ1n) is 16.9. The minimum absolute atomic E-state index is 0.566.